The molecular formula is C29H36N6O4. The standard InChI is InChI=1S/C29H36N6O4/c1-19-23(21-15-31-32-16-21)17-30-26(33-19)35-18-29(9-11-34(12-10-29)27(37)39-28(2,3)4)24(25(35)36)14-20-7-6-8-22(13-20)38-5/h6-8,13,15-17,24H,9-12,14,18H2,1-5H3,(H,31,32). The molecule has 39 heavy (non-hydrogen) atoms. The Hall–Kier alpha value is -3.95. The number of nitrogens with one attached hydrogen (secondary N) is 1. The number of H-pyrrole nitrogens is 1. The highest BCUT2D eigenvalue weighted by atomic mass is 16.6. The first-order valence-corrected chi connectivity index (χ1v) is 13.3. The third kappa shape index (κ3) is 5.46. The van der Waals surface area contributed by atoms with Gasteiger partial charge in [0, 0.05) is 48.6 Å². The molecule has 2 amide bonds. The summed E-state index contributed by atoms with van der Waals surface area (Å²) >= 11 is 0. The van der Waals surface area contributed by atoms with Gasteiger partial charge in [-0.2, -0.15) is 5.10 Å². The van der Waals surface area contributed by atoms with Crippen LogP contribution in [0, 0.1) is 18.3 Å². The third-order valence-corrected chi connectivity index (χ3v) is 7.78. The quantitative estimate of drug-likeness (QED) is 0.518. The summed E-state index contributed by atoms with van der Waals surface area (Å²) in [4.78, 5) is 39.7. The van der Waals surface area contributed by atoms with Crippen LogP contribution in [0.3, 0.4) is 0 Å². The van der Waals surface area contributed by atoms with E-state index in [-0.39, 0.29) is 23.3 Å². The molecule has 1 N–H and O–H groups in total. The molecule has 1 unspecified atom stereocenters. The van der Waals surface area contributed by atoms with Gasteiger partial charge >= 0.3 is 6.09 Å². The van der Waals surface area contributed by atoms with Gasteiger partial charge in [0.2, 0.25) is 11.9 Å². The monoisotopic (exact) mass is 532 g/mol. The molecule has 10 nitrogen and oxygen atoms in total. The van der Waals surface area contributed by atoms with E-state index in [1.165, 1.54) is 0 Å². The van der Waals surface area contributed by atoms with Gasteiger partial charge in [0.05, 0.1) is 24.9 Å². The summed E-state index contributed by atoms with van der Waals surface area (Å²) in [5.41, 5.74) is 2.70. The molecule has 4 heterocycles. The SMILES string of the molecule is COc1cccc(CC2C(=O)N(c3ncc(-c4cn[nH]c4)c(C)n3)CC23CCN(C(=O)OC(C)(C)C)CC3)c1. The first kappa shape index (κ1) is 26.6. The number of likely N-dealkylation sites (tertiary alicyclic amines) is 1. The van der Waals surface area contributed by atoms with Gasteiger partial charge in [-0.05, 0) is 64.7 Å². The van der Waals surface area contributed by atoms with Crippen LogP contribution < -0.4 is 9.64 Å². The molecule has 1 spiro atoms. The maximum Gasteiger partial charge on any atom is 0.410 e. The van der Waals surface area contributed by atoms with Gasteiger partial charge in [-0.15, -0.1) is 0 Å². The molecule has 2 aromatic heterocycles. The fourth-order valence-electron chi connectivity index (χ4n) is 5.70. The topological polar surface area (TPSA) is 114 Å². The average Bonchev–Trinajstić information content (AvgIpc) is 3.52. The van der Waals surface area contributed by atoms with E-state index in [0.717, 1.165) is 28.1 Å². The zero-order valence-electron chi connectivity index (χ0n) is 23.2. The van der Waals surface area contributed by atoms with Crippen LogP contribution in [0.2, 0.25) is 0 Å². The molecule has 0 aliphatic carbocycles. The first-order valence-electron chi connectivity index (χ1n) is 13.3. The van der Waals surface area contributed by atoms with Gasteiger partial charge in [0.15, 0.2) is 0 Å². The van der Waals surface area contributed by atoms with Crippen LogP contribution in [0.25, 0.3) is 11.1 Å². The Balaban J connectivity index is 1.43. The van der Waals surface area contributed by atoms with Crippen molar-refractivity contribution in [2.24, 2.45) is 11.3 Å². The minimum absolute atomic E-state index is 0.0130. The number of nitrogens with zero attached hydrogens (tertiary/aromatic N) is 5. The van der Waals surface area contributed by atoms with E-state index < -0.39 is 5.60 Å². The Morgan fingerprint density at radius 3 is 2.62 bits per heavy atom. The number of carbonyl (C=O) groups excluding carboxylic acids is 2. The Morgan fingerprint density at radius 1 is 1.21 bits per heavy atom. The van der Waals surface area contributed by atoms with E-state index in [1.54, 1.807) is 35.5 Å². The van der Waals surface area contributed by atoms with E-state index in [9.17, 15) is 9.59 Å². The second-order valence-electron chi connectivity index (χ2n) is 11.5. The number of rotatable bonds is 5. The van der Waals surface area contributed by atoms with E-state index in [0.29, 0.717) is 44.8 Å². The van der Waals surface area contributed by atoms with Crippen molar-refractivity contribution in [3.05, 3.63) is 54.1 Å². The summed E-state index contributed by atoms with van der Waals surface area (Å²) in [5.74, 6) is 0.908. The number of hydrogen-bond acceptors (Lipinski definition) is 7. The number of carbonyl (C=O) groups is 2. The molecule has 3 aromatic rings. The van der Waals surface area contributed by atoms with Gasteiger partial charge in [0.25, 0.3) is 0 Å². The molecule has 206 valence electrons. The molecule has 2 fully saturated rings. The molecular weight excluding hydrogens is 496 g/mol. The second kappa shape index (κ2) is 10.3. The normalized spacial score (nSPS) is 19.0. The third-order valence-electron chi connectivity index (χ3n) is 7.78. The van der Waals surface area contributed by atoms with Crippen LogP contribution >= 0.6 is 0 Å². The molecule has 1 atom stereocenters. The molecule has 5 rings (SSSR count). The van der Waals surface area contributed by atoms with E-state index >= 15 is 0 Å². The van der Waals surface area contributed by atoms with Gasteiger partial charge < -0.3 is 14.4 Å². The number of aromatic amines is 1. The number of aromatic nitrogens is 4. The van der Waals surface area contributed by atoms with Crippen LogP contribution in [-0.2, 0) is 16.0 Å². The Labute approximate surface area is 228 Å². The number of hydrogen-bond donors (Lipinski definition) is 1. The minimum Gasteiger partial charge on any atom is -0.497 e. The molecule has 0 bridgehead atoms. The summed E-state index contributed by atoms with van der Waals surface area (Å²) in [7, 11) is 1.64. The number of methoxy groups -OCH3 is 1. The molecule has 2 aliphatic heterocycles. The van der Waals surface area contributed by atoms with Gasteiger partial charge in [-0.25, -0.2) is 14.8 Å². The highest BCUT2D eigenvalue weighted by Gasteiger charge is 2.54. The average molecular weight is 533 g/mol. The molecule has 0 radical (unpaired) electrons. The van der Waals surface area contributed by atoms with Crippen LogP contribution in [0.5, 0.6) is 5.75 Å². The predicted molar refractivity (Wildman–Crippen MR) is 146 cm³/mol. The van der Waals surface area contributed by atoms with Gasteiger partial charge in [-0.1, -0.05) is 12.1 Å². The maximum atomic E-state index is 14.1. The summed E-state index contributed by atoms with van der Waals surface area (Å²) < 4.78 is 11.0. The molecule has 2 saturated heterocycles. The van der Waals surface area contributed by atoms with Crippen LogP contribution in [0.15, 0.2) is 42.9 Å². The summed E-state index contributed by atoms with van der Waals surface area (Å²) in [6.45, 7) is 9.09. The fourth-order valence-corrected chi connectivity index (χ4v) is 5.70. The Bertz CT molecular complexity index is 1340. The predicted octanol–water partition coefficient (Wildman–Crippen LogP) is 4.41. The van der Waals surface area contributed by atoms with Gasteiger partial charge in [-0.3, -0.25) is 14.8 Å². The number of benzene rings is 1. The first-order chi connectivity index (χ1) is 18.6. The summed E-state index contributed by atoms with van der Waals surface area (Å²) in [5, 5.41) is 6.83. The lowest BCUT2D eigenvalue weighted by atomic mass is 9.68. The minimum atomic E-state index is -0.556. The largest absolute Gasteiger partial charge is 0.497 e. The molecule has 0 saturated carbocycles. The molecule has 2 aliphatic rings. The molecule has 1 aromatic carbocycles. The van der Waals surface area contributed by atoms with Gasteiger partial charge in [0.1, 0.15) is 11.4 Å². The summed E-state index contributed by atoms with van der Waals surface area (Å²) in [6.07, 6.45) is 6.92. The van der Waals surface area contributed by atoms with Crippen molar-refractivity contribution in [2.45, 2.75) is 52.6 Å². The zero-order valence-corrected chi connectivity index (χ0v) is 23.2. The Kier molecular flexibility index (Phi) is 7.05. The van der Waals surface area contributed by atoms with Crippen molar-refractivity contribution < 1.29 is 19.1 Å². The number of ether oxygens (including phenoxy) is 2. The van der Waals surface area contributed by atoms with Crippen molar-refractivity contribution in [1.82, 2.24) is 25.1 Å². The number of aryl methyl sites for hydroxylation is 1. The number of piperidine rings is 1. The zero-order chi connectivity index (χ0) is 27.8. The van der Waals surface area contributed by atoms with Crippen molar-refractivity contribution in [3.8, 4) is 16.9 Å². The van der Waals surface area contributed by atoms with Crippen molar-refractivity contribution in [3.63, 3.8) is 0 Å². The lowest BCUT2D eigenvalue weighted by molar-refractivity contribution is -0.122. The highest BCUT2D eigenvalue weighted by molar-refractivity contribution is 5.97. The lowest BCUT2D eigenvalue weighted by Gasteiger charge is -2.42. The number of anilines is 1. The molecule has 10 heteroatoms. The van der Waals surface area contributed by atoms with Crippen molar-refractivity contribution in [1.29, 1.82) is 0 Å². The van der Waals surface area contributed by atoms with E-state index in [2.05, 4.69) is 15.2 Å². The second-order valence-corrected chi connectivity index (χ2v) is 11.5. The lowest BCUT2D eigenvalue weighted by Crippen LogP contribution is -2.48. The van der Waals surface area contributed by atoms with Crippen LogP contribution in [0.4, 0.5) is 10.7 Å². The maximum absolute atomic E-state index is 14.1. The smallest absolute Gasteiger partial charge is 0.410 e. The van der Waals surface area contributed by atoms with Crippen molar-refractivity contribution in [2.75, 3.05) is 31.6 Å². The van der Waals surface area contributed by atoms with E-state index in [4.69, 9.17) is 14.5 Å². The van der Waals surface area contributed by atoms with Crippen LogP contribution in [-0.4, -0.2) is 69.4 Å². The summed E-state index contributed by atoms with van der Waals surface area (Å²) in [6, 6.07) is 7.87. The highest BCUT2D eigenvalue weighted by Crippen LogP contribution is 2.48. The Morgan fingerprint density at radius 2 is 1.97 bits per heavy atom. The van der Waals surface area contributed by atoms with E-state index in [1.807, 2.05) is 52.0 Å². The number of amides is 2. The fraction of sp³-hybridized carbons (Fsp3) is 0.483. The van der Waals surface area contributed by atoms with Crippen LogP contribution in [0.1, 0.15) is 44.9 Å². The van der Waals surface area contributed by atoms with Crippen molar-refractivity contribution >= 4 is 17.9 Å².